The van der Waals surface area contributed by atoms with Crippen LogP contribution in [0.1, 0.15) is 19.4 Å². The lowest BCUT2D eigenvalue weighted by molar-refractivity contribution is -0.133. The summed E-state index contributed by atoms with van der Waals surface area (Å²) in [6.45, 7) is 2.78. The summed E-state index contributed by atoms with van der Waals surface area (Å²) < 4.78 is 4.95. The largest absolute Gasteiger partial charge is 0.478 e. The zero-order valence-electron chi connectivity index (χ0n) is 9.06. The molecule has 1 aromatic rings. The van der Waals surface area contributed by atoms with Gasteiger partial charge in [0.05, 0.1) is 0 Å². The van der Waals surface area contributed by atoms with Gasteiger partial charge in [-0.05, 0) is 19.1 Å². The highest BCUT2D eigenvalue weighted by atomic mass is 16.5. The van der Waals surface area contributed by atoms with E-state index in [9.17, 15) is 9.59 Å². The molecule has 0 aliphatic rings. The van der Waals surface area contributed by atoms with Gasteiger partial charge in [-0.2, -0.15) is 0 Å². The number of aliphatic carboxylic acids is 1. The minimum atomic E-state index is -1.00. The Kier molecular flexibility index (Phi) is 3.83. The molecule has 0 aromatic heterocycles. The fourth-order valence-corrected chi connectivity index (χ4v) is 1.14. The Morgan fingerprint density at radius 1 is 1.25 bits per heavy atom. The summed E-state index contributed by atoms with van der Waals surface area (Å²) in [5, 5.41) is 8.74. The molecule has 0 saturated heterocycles. The van der Waals surface area contributed by atoms with E-state index in [2.05, 4.69) is 0 Å². The van der Waals surface area contributed by atoms with Gasteiger partial charge in [-0.1, -0.05) is 18.2 Å². The number of carbonyl (C=O) groups is 2. The molecule has 1 aromatic carbocycles. The number of para-hydroxylation sites is 1. The van der Waals surface area contributed by atoms with E-state index in [1.54, 1.807) is 24.3 Å². The van der Waals surface area contributed by atoms with E-state index in [-0.39, 0.29) is 5.57 Å². The van der Waals surface area contributed by atoms with E-state index < -0.39 is 11.9 Å². The predicted molar refractivity (Wildman–Crippen MR) is 59.0 cm³/mol. The number of rotatable bonds is 3. The Bertz CT molecular complexity index is 446. The topological polar surface area (TPSA) is 63.6 Å². The second kappa shape index (κ2) is 5.11. The third-order valence-corrected chi connectivity index (χ3v) is 1.88. The molecule has 0 atom stereocenters. The molecular formula is C12H12O4. The minimum absolute atomic E-state index is 0.180. The predicted octanol–water partition coefficient (Wildman–Crippen LogP) is 2.10. The lowest BCUT2D eigenvalue weighted by atomic mass is 10.1. The Morgan fingerprint density at radius 3 is 2.44 bits per heavy atom. The third kappa shape index (κ3) is 3.24. The first-order valence-corrected chi connectivity index (χ1v) is 4.69. The molecule has 1 N–H and O–H groups in total. The molecule has 0 bridgehead atoms. The van der Waals surface area contributed by atoms with Crippen LogP contribution in [0.4, 0.5) is 0 Å². The maximum Gasteiger partial charge on any atom is 0.331 e. The van der Waals surface area contributed by atoms with Crippen molar-refractivity contribution in [1.82, 2.24) is 0 Å². The van der Waals surface area contributed by atoms with Crippen molar-refractivity contribution in [1.29, 1.82) is 0 Å². The van der Waals surface area contributed by atoms with Crippen molar-refractivity contribution in [3.63, 3.8) is 0 Å². The summed E-state index contributed by atoms with van der Waals surface area (Å²) in [6, 6.07) is 6.76. The SMILES string of the molecule is CC(=O)Oc1ccccc1/C=C(\C)C(=O)O. The van der Waals surface area contributed by atoms with E-state index in [0.29, 0.717) is 11.3 Å². The van der Waals surface area contributed by atoms with Crippen LogP contribution in [0.15, 0.2) is 29.8 Å². The van der Waals surface area contributed by atoms with Gasteiger partial charge in [-0.25, -0.2) is 4.79 Å². The fourth-order valence-electron chi connectivity index (χ4n) is 1.14. The van der Waals surface area contributed by atoms with Gasteiger partial charge >= 0.3 is 11.9 Å². The summed E-state index contributed by atoms with van der Waals surface area (Å²) >= 11 is 0. The average Bonchev–Trinajstić information content (AvgIpc) is 2.20. The number of carboxylic acids is 1. The number of esters is 1. The molecule has 16 heavy (non-hydrogen) atoms. The molecular weight excluding hydrogens is 208 g/mol. The van der Waals surface area contributed by atoms with Crippen LogP contribution in [0.5, 0.6) is 5.75 Å². The van der Waals surface area contributed by atoms with E-state index in [4.69, 9.17) is 9.84 Å². The number of ether oxygens (including phenoxy) is 1. The van der Waals surface area contributed by atoms with Gasteiger partial charge in [-0.3, -0.25) is 4.79 Å². The lowest BCUT2D eigenvalue weighted by Gasteiger charge is -2.05. The van der Waals surface area contributed by atoms with E-state index >= 15 is 0 Å². The van der Waals surface area contributed by atoms with E-state index in [1.807, 2.05) is 0 Å². The van der Waals surface area contributed by atoms with Crippen LogP contribution in [0.3, 0.4) is 0 Å². The van der Waals surface area contributed by atoms with Crippen molar-refractivity contribution in [3.05, 3.63) is 35.4 Å². The molecule has 4 nitrogen and oxygen atoms in total. The van der Waals surface area contributed by atoms with Gasteiger partial charge in [-0.15, -0.1) is 0 Å². The Morgan fingerprint density at radius 2 is 1.88 bits per heavy atom. The molecule has 1 rings (SSSR count). The summed E-state index contributed by atoms with van der Waals surface area (Å²) in [5.41, 5.74) is 0.747. The molecule has 0 radical (unpaired) electrons. The zero-order valence-corrected chi connectivity index (χ0v) is 9.06. The molecule has 0 unspecified atom stereocenters. The highest BCUT2D eigenvalue weighted by Crippen LogP contribution is 2.21. The van der Waals surface area contributed by atoms with Crippen LogP contribution >= 0.6 is 0 Å². The second-order valence-electron chi connectivity index (χ2n) is 3.26. The normalized spacial score (nSPS) is 11.0. The standard InChI is InChI=1S/C12H12O4/c1-8(12(14)15)7-10-5-3-4-6-11(10)16-9(2)13/h3-7H,1-2H3,(H,14,15)/b8-7+. The maximum absolute atomic E-state index is 10.8. The van der Waals surface area contributed by atoms with Crippen LogP contribution in [-0.4, -0.2) is 17.0 Å². The highest BCUT2D eigenvalue weighted by Gasteiger charge is 2.06. The van der Waals surface area contributed by atoms with Crippen LogP contribution in [-0.2, 0) is 9.59 Å². The van der Waals surface area contributed by atoms with Crippen molar-refractivity contribution in [2.75, 3.05) is 0 Å². The minimum Gasteiger partial charge on any atom is -0.478 e. The van der Waals surface area contributed by atoms with Crippen LogP contribution in [0, 0.1) is 0 Å². The summed E-state index contributed by atoms with van der Waals surface area (Å²) in [4.78, 5) is 21.5. The number of benzene rings is 1. The summed E-state index contributed by atoms with van der Waals surface area (Å²) in [7, 11) is 0. The molecule has 0 saturated carbocycles. The number of carbonyl (C=O) groups excluding carboxylic acids is 1. The first-order chi connectivity index (χ1) is 7.50. The van der Waals surface area contributed by atoms with Crippen LogP contribution < -0.4 is 4.74 Å². The van der Waals surface area contributed by atoms with Crippen molar-refractivity contribution in [2.45, 2.75) is 13.8 Å². The molecule has 0 aliphatic heterocycles. The van der Waals surface area contributed by atoms with Gasteiger partial charge in [0.1, 0.15) is 5.75 Å². The third-order valence-electron chi connectivity index (χ3n) is 1.88. The van der Waals surface area contributed by atoms with Gasteiger partial charge in [0.25, 0.3) is 0 Å². The number of carboxylic acid groups (broad SMARTS) is 1. The highest BCUT2D eigenvalue weighted by molar-refractivity contribution is 5.92. The monoisotopic (exact) mass is 220 g/mol. The molecule has 84 valence electrons. The Balaban J connectivity index is 3.08. The van der Waals surface area contributed by atoms with E-state index in [0.717, 1.165) is 0 Å². The van der Waals surface area contributed by atoms with Crippen molar-refractivity contribution in [2.24, 2.45) is 0 Å². The van der Waals surface area contributed by atoms with Gasteiger partial charge in [0.2, 0.25) is 0 Å². The Labute approximate surface area is 93.2 Å². The lowest BCUT2D eigenvalue weighted by Crippen LogP contribution is -2.03. The molecule has 0 amide bonds. The molecule has 0 aliphatic carbocycles. The first-order valence-electron chi connectivity index (χ1n) is 4.69. The van der Waals surface area contributed by atoms with Crippen molar-refractivity contribution in [3.8, 4) is 5.75 Å². The number of hydrogen-bond donors (Lipinski definition) is 1. The van der Waals surface area contributed by atoms with Crippen LogP contribution in [0.2, 0.25) is 0 Å². The second-order valence-corrected chi connectivity index (χ2v) is 3.26. The smallest absolute Gasteiger partial charge is 0.331 e. The quantitative estimate of drug-likeness (QED) is 0.481. The first kappa shape index (κ1) is 12.0. The zero-order chi connectivity index (χ0) is 12.1. The van der Waals surface area contributed by atoms with Crippen molar-refractivity contribution >= 4 is 18.0 Å². The average molecular weight is 220 g/mol. The molecule has 0 spiro atoms. The fraction of sp³-hybridized carbons (Fsp3) is 0.167. The molecule has 4 heteroatoms. The maximum atomic E-state index is 10.8. The number of hydrogen-bond acceptors (Lipinski definition) is 3. The van der Waals surface area contributed by atoms with Gasteiger partial charge in [0, 0.05) is 18.1 Å². The van der Waals surface area contributed by atoms with E-state index in [1.165, 1.54) is 19.9 Å². The molecule has 0 heterocycles. The van der Waals surface area contributed by atoms with Crippen molar-refractivity contribution < 1.29 is 19.4 Å². The van der Waals surface area contributed by atoms with Gasteiger partial charge < -0.3 is 9.84 Å². The van der Waals surface area contributed by atoms with Gasteiger partial charge in [0.15, 0.2) is 0 Å². The Hall–Kier alpha value is -2.10. The summed E-state index contributed by atoms with van der Waals surface area (Å²) in [6.07, 6.45) is 1.46. The van der Waals surface area contributed by atoms with Crippen LogP contribution in [0.25, 0.3) is 6.08 Å². The summed E-state index contributed by atoms with van der Waals surface area (Å²) in [5.74, 6) is -1.08. The molecule has 0 fully saturated rings.